The highest BCUT2D eigenvalue weighted by molar-refractivity contribution is 6.28. The van der Waals surface area contributed by atoms with E-state index in [1.54, 1.807) is 0 Å². The first-order valence-electron chi connectivity index (χ1n) is 20.0. The zero-order valence-electron chi connectivity index (χ0n) is 33.7. The maximum absolute atomic E-state index is 9.53. The highest BCUT2D eigenvalue weighted by atomic mass is 14.2. The van der Waals surface area contributed by atoms with E-state index in [0.717, 1.165) is 54.2 Å². The Morgan fingerprint density at radius 3 is 1.56 bits per heavy atom. The Balaban J connectivity index is 1.43. The van der Waals surface area contributed by atoms with Gasteiger partial charge in [0.15, 0.2) is 0 Å². The average Bonchev–Trinajstić information content (AvgIpc) is 3.24. The molecule has 0 saturated carbocycles. The standard InChI is InChI=1S/C48H30/c1-3-18-36-31(13-1)15-12-26-37(36)33-16-11-17-34(29-33)47-41-22-7-9-24-43(41)48(44-25-10-8-23-42(44)47)45-30-35-28-27-32-14-2-4-19-38(32)46(35)40-21-6-5-20-39(40)45/h1-30H/i7D,8D,9D,10D,22D,23D,24D,25D. The number of rotatable bonds is 3. The molecule has 0 aliphatic rings. The van der Waals surface area contributed by atoms with Gasteiger partial charge < -0.3 is 0 Å². The van der Waals surface area contributed by atoms with Crippen LogP contribution in [-0.4, -0.2) is 0 Å². The van der Waals surface area contributed by atoms with E-state index in [0.29, 0.717) is 22.3 Å². The Morgan fingerprint density at radius 2 is 0.833 bits per heavy atom. The summed E-state index contributed by atoms with van der Waals surface area (Å²) in [6, 6.07) is 41.2. The van der Waals surface area contributed by atoms with Crippen molar-refractivity contribution in [3.8, 4) is 33.4 Å². The fourth-order valence-corrected chi connectivity index (χ4v) is 7.59. The molecule has 0 aromatic heterocycles. The Morgan fingerprint density at radius 1 is 0.312 bits per heavy atom. The number of fused-ring (bicyclic) bond motifs is 8. The second-order valence-electron chi connectivity index (χ2n) is 12.2. The summed E-state index contributed by atoms with van der Waals surface area (Å²) in [5, 5.41) is 8.67. The molecule has 48 heavy (non-hydrogen) atoms. The monoisotopic (exact) mass is 614 g/mol. The lowest BCUT2D eigenvalue weighted by molar-refractivity contribution is 1.63. The summed E-state index contributed by atoms with van der Waals surface area (Å²) in [5.41, 5.74) is 3.68. The molecule has 0 N–H and O–H groups in total. The van der Waals surface area contributed by atoms with Crippen LogP contribution < -0.4 is 0 Å². The Bertz CT molecular complexity index is 3260. The molecule has 0 fully saturated rings. The molecule has 222 valence electrons. The molecule has 0 spiro atoms. The summed E-state index contributed by atoms with van der Waals surface area (Å²) < 4.78 is 73.8. The van der Waals surface area contributed by atoms with E-state index in [9.17, 15) is 5.48 Å². The second kappa shape index (κ2) is 10.7. The molecule has 0 aliphatic heterocycles. The van der Waals surface area contributed by atoms with Crippen LogP contribution in [0.3, 0.4) is 0 Å². The van der Waals surface area contributed by atoms with Gasteiger partial charge in [-0.1, -0.05) is 170 Å². The third-order valence-corrected chi connectivity index (χ3v) is 9.64. The smallest absolute Gasteiger partial charge is 0.0616 e. The Hall–Kier alpha value is -6.24. The zero-order valence-corrected chi connectivity index (χ0v) is 25.7. The van der Waals surface area contributed by atoms with Crippen molar-refractivity contribution in [2.45, 2.75) is 0 Å². The van der Waals surface area contributed by atoms with Crippen molar-refractivity contribution in [1.82, 2.24) is 0 Å². The molecule has 0 heterocycles. The molecule has 10 aromatic carbocycles. The minimum absolute atomic E-state index is 0.196. The van der Waals surface area contributed by atoms with Crippen molar-refractivity contribution in [2.75, 3.05) is 0 Å². The largest absolute Gasteiger partial charge is 0.0629 e. The van der Waals surface area contributed by atoms with Crippen LogP contribution in [0.15, 0.2) is 182 Å². The highest BCUT2D eigenvalue weighted by Gasteiger charge is 2.20. The van der Waals surface area contributed by atoms with Gasteiger partial charge in [0.05, 0.1) is 11.0 Å². The van der Waals surface area contributed by atoms with Crippen LogP contribution in [0.4, 0.5) is 0 Å². The minimum atomic E-state index is -0.421. The van der Waals surface area contributed by atoms with Crippen LogP contribution in [-0.2, 0) is 0 Å². The van der Waals surface area contributed by atoms with E-state index >= 15 is 0 Å². The van der Waals surface area contributed by atoms with Gasteiger partial charge >= 0.3 is 0 Å². The van der Waals surface area contributed by atoms with Crippen LogP contribution in [0, 0.1) is 0 Å². The molecular weight excluding hydrogens is 577 g/mol. The molecule has 0 bridgehead atoms. The average molecular weight is 615 g/mol. The Labute approximate surface area is 290 Å². The number of hydrogen-bond donors (Lipinski definition) is 0. The van der Waals surface area contributed by atoms with Crippen LogP contribution in [0.2, 0.25) is 0 Å². The summed E-state index contributed by atoms with van der Waals surface area (Å²) in [4.78, 5) is 0. The lowest BCUT2D eigenvalue weighted by Crippen LogP contribution is -1.93. The third-order valence-electron chi connectivity index (χ3n) is 9.64. The van der Waals surface area contributed by atoms with Gasteiger partial charge in [-0.05, 0) is 110 Å². The maximum Gasteiger partial charge on any atom is 0.0629 e. The first-order chi connectivity index (χ1) is 27.2. The van der Waals surface area contributed by atoms with Crippen LogP contribution >= 0.6 is 0 Å². The van der Waals surface area contributed by atoms with Gasteiger partial charge in [-0.25, -0.2) is 0 Å². The van der Waals surface area contributed by atoms with E-state index in [1.165, 1.54) is 0 Å². The third kappa shape index (κ3) is 4.03. The van der Waals surface area contributed by atoms with Crippen LogP contribution in [0.25, 0.3) is 98.0 Å². The predicted molar refractivity (Wildman–Crippen MR) is 208 cm³/mol. The number of hydrogen-bond acceptors (Lipinski definition) is 0. The first kappa shape index (κ1) is 20.1. The summed E-state index contributed by atoms with van der Waals surface area (Å²) in [5.74, 6) is 0. The molecule has 0 radical (unpaired) electrons. The molecule has 10 aromatic rings. The van der Waals surface area contributed by atoms with Crippen LogP contribution in [0.1, 0.15) is 11.0 Å². The lowest BCUT2D eigenvalue weighted by Gasteiger charge is -2.20. The molecule has 0 amide bonds. The quantitative estimate of drug-likeness (QED) is 0.137. The van der Waals surface area contributed by atoms with Gasteiger partial charge in [0.1, 0.15) is 0 Å². The Kier molecular flexibility index (Phi) is 4.46. The van der Waals surface area contributed by atoms with Gasteiger partial charge in [-0.2, -0.15) is 0 Å². The fraction of sp³-hybridized carbons (Fsp3) is 0. The van der Waals surface area contributed by atoms with Crippen molar-refractivity contribution in [3.63, 3.8) is 0 Å². The molecule has 0 atom stereocenters. The normalized spacial score (nSPS) is 14.1. The van der Waals surface area contributed by atoms with Crippen molar-refractivity contribution in [2.24, 2.45) is 0 Å². The second-order valence-corrected chi connectivity index (χ2v) is 12.2. The minimum Gasteiger partial charge on any atom is -0.0616 e. The summed E-state index contributed by atoms with van der Waals surface area (Å²) in [6.07, 6.45) is 0. The first-order valence-corrected chi connectivity index (χ1v) is 16.0. The van der Waals surface area contributed by atoms with Crippen molar-refractivity contribution >= 4 is 64.6 Å². The maximum atomic E-state index is 9.53. The topological polar surface area (TPSA) is 0 Å². The SMILES string of the molecule is [2H]c1c([2H])c([2H])c2c(-c3cc4ccc5ccccc5c4c4ccccc34)c3c([2H])c([2H])c([2H])c([2H])c3c(-c3cccc(-c4cccc5ccccc45)c3)c2c1[2H]. The van der Waals surface area contributed by atoms with E-state index < -0.39 is 24.2 Å². The fourth-order valence-electron chi connectivity index (χ4n) is 7.59. The van der Waals surface area contributed by atoms with E-state index in [1.807, 2.05) is 109 Å². The number of benzene rings is 10. The zero-order chi connectivity index (χ0) is 38.6. The molecule has 0 heteroatoms. The molecule has 0 saturated heterocycles. The van der Waals surface area contributed by atoms with Gasteiger partial charge in [0.25, 0.3) is 0 Å². The van der Waals surface area contributed by atoms with Gasteiger partial charge in [0, 0.05) is 0 Å². The molecule has 0 nitrogen and oxygen atoms in total. The van der Waals surface area contributed by atoms with E-state index in [4.69, 9.17) is 5.48 Å². The van der Waals surface area contributed by atoms with Gasteiger partial charge in [-0.3, -0.25) is 0 Å². The molecule has 10 rings (SSSR count). The van der Waals surface area contributed by atoms with Crippen molar-refractivity contribution in [3.05, 3.63) is 182 Å². The van der Waals surface area contributed by atoms with Crippen molar-refractivity contribution < 1.29 is 11.0 Å². The molecule has 0 unspecified atom stereocenters. The summed E-state index contributed by atoms with van der Waals surface area (Å²) in [6.45, 7) is 0. The molecule has 0 aliphatic carbocycles. The van der Waals surface area contributed by atoms with E-state index in [2.05, 4.69) is 24.3 Å². The van der Waals surface area contributed by atoms with Crippen LogP contribution in [0.5, 0.6) is 0 Å². The summed E-state index contributed by atoms with van der Waals surface area (Å²) in [7, 11) is 0. The van der Waals surface area contributed by atoms with Gasteiger partial charge in [0.2, 0.25) is 0 Å². The van der Waals surface area contributed by atoms with Gasteiger partial charge in [-0.15, -0.1) is 0 Å². The molecular formula is C48H30. The lowest BCUT2D eigenvalue weighted by atomic mass is 9.83. The van der Waals surface area contributed by atoms with Crippen molar-refractivity contribution in [1.29, 1.82) is 0 Å². The highest BCUT2D eigenvalue weighted by Crippen LogP contribution is 2.47. The predicted octanol–water partition coefficient (Wildman–Crippen LogP) is 13.6. The van der Waals surface area contributed by atoms with E-state index in [-0.39, 0.29) is 45.7 Å². The summed E-state index contributed by atoms with van der Waals surface area (Å²) >= 11 is 0.